The molecule has 0 bridgehead atoms. The smallest absolute Gasteiger partial charge is 0.246 e. The van der Waals surface area contributed by atoms with Gasteiger partial charge in [-0.2, -0.15) is 0 Å². The lowest BCUT2D eigenvalue weighted by atomic mass is 10.0. The Morgan fingerprint density at radius 2 is 1.54 bits per heavy atom. The van der Waals surface area contributed by atoms with Crippen LogP contribution in [0.1, 0.15) is 6.92 Å². The van der Waals surface area contributed by atoms with Gasteiger partial charge in [-0.15, -0.1) is 0 Å². The van der Waals surface area contributed by atoms with Crippen molar-refractivity contribution in [3.05, 3.63) is 72.8 Å². The zero-order chi connectivity index (χ0) is 19.9. The fourth-order valence-electron chi connectivity index (χ4n) is 2.94. The van der Waals surface area contributed by atoms with Gasteiger partial charge in [0.05, 0.1) is 14.2 Å². The number of carbonyl (C=O) groups excluding carboxylic acids is 1. The Kier molecular flexibility index (Phi) is 6.17. The largest absolute Gasteiger partial charge is 0.493 e. The lowest BCUT2D eigenvalue weighted by molar-refractivity contribution is -0.116. The van der Waals surface area contributed by atoms with Gasteiger partial charge in [-0.1, -0.05) is 48.5 Å². The van der Waals surface area contributed by atoms with Crippen molar-refractivity contribution in [1.82, 2.24) is 0 Å². The van der Waals surface area contributed by atoms with Crippen molar-refractivity contribution < 1.29 is 14.3 Å². The highest BCUT2D eigenvalue weighted by Gasteiger charge is 2.16. The Hall–Kier alpha value is -3.47. The molecular formula is C23H24N2O3. The molecule has 1 atom stereocenters. The number of rotatable bonds is 7. The maximum atomic E-state index is 12.7. The van der Waals surface area contributed by atoms with Gasteiger partial charge in [-0.3, -0.25) is 4.79 Å². The second-order valence-electron chi connectivity index (χ2n) is 6.34. The molecule has 0 aromatic heterocycles. The molecule has 2 N–H and O–H groups in total. The van der Waals surface area contributed by atoms with Crippen LogP contribution < -0.4 is 20.1 Å². The van der Waals surface area contributed by atoms with E-state index in [1.165, 1.54) is 0 Å². The van der Waals surface area contributed by atoms with Crippen molar-refractivity contribution in [1.29, 1.82) is 0 Å². The third kappa shape index (κ3) is 4.43. The van der Waals surface area contributed by atoms with Crippen molar-refractivity contribution in [2.45, 2.75) is 13.0 Å². The summed E-state index contributed by atoms with van der Waals surface area (Å²) in [4.78, 5) is 12.7. The molecule has 28 heavy (non-hydrogen) atoms. The van der Waals surface area contributed by atoms with E-state index >= 15 is 0 Å². The normalized spacial score (nSPS) is 11.4. The molecule has 0 aliphatic heterocycles. The van der Waals surface area contributed by atoms with E-state index in [-0.39, 0.29) is 5.91 Å². The van der Waals surface area contributed by atoms with E-state index in [9.17, 15) is 4.79 Å². The van der Waals surface area contributed by atoms with Crippen LogP contribution in [0.5, 0.6) is 11.5 Å². The number of amides is 1. The molecule has 1 amide bonds. The SMILES string of the molecule is COc1ccc(NC(C)C(=O)Nc2ccccc2-c2ccccc2)cc1OC. The minimum absolute atomic E-state index is 0.127. The third-order valence-corrected chi connectivity index (χ3v) is 4.43. The third-order valence-electron chi connectivity index (χ3n) is 4.43. The first kappa shape index (κ1) is 19.3. The molecule has 5 nitrogen and oxygen atoms in total. The number of hydrogen-bond donors (Lipinski definition) is 2. The summed E-state index contributed by atoms with van der Waals surface area (Å²) < 4.78 is 10.6. The lowest BCUT2D eigenvalue weighted by Crippen LogP contribution is -2.32. The number of methoxy groups -OCH3 is 2. The van der Waals surface area contributed by atoms with Gasteiger partial charge in [-0.25, -0.2) is 0 Å². The van der Waals surface area contributed by atoms with E-state index in [2.05, 4.69) is 10.6 Å². The first-order valence-corrected chi connectivity index (χ1v) is 9.06. The number of ether oxygens (including phenoxy) is 2. The first-order valence-electron chi connectivity index (χ1n) is 9.06. The average Bonchev–Trinajstić information content (AvgIpc) is 2.74. The summed E-state index contributed by atoms with van der Waals surface area (Å²) in [5.74, 6) is 1.12. The Morgan fingerprint density at radius 1 is 0.857 bits per heavy atom. The summed E-state index contributed by atoms with van der Waals surface area (Å²) in [5.41, 5.74) is 3.59. The van der Waals surface area contributed by atoms with E-state index in [0.717, 1.165) is 22.5 Å². The van der Waals surface area contributed by atoms with Crippen molar-refractivity contribution >= 4 is 17.3 Å². The van der Waals surface area contributed by atoms with Crippen LogP contribution >= 0.6 is 0 Å². The Bertz CT molecular complexity index is 942. The van der Waals surface area contributed by atoms with Crippen molar-refractivity contribution in [2.75, 3.05) is 24.9 Å². The molecule has 3 rings (SSSR count). The second-order valence-corrected chi connectivity index (χ2v) is 6.34. The van der Waals surface area contributed by atoms with Crippen LogP contribution in [-0.4, -0.2) is 26.2 Å². The van der Waals surface area contributed by atoms with Crippen molar-refractivity contribution in [2.24, 2.45) is 0 Å². The zero-order valence-corrected chi connectivity index (χ0v) is 16.2. The highest BCUT2D eigenvalue weighted by molar-refractivity contribution is 5.99. The first-order chi connectivity index (χ1) is 13.6. The van der Waals surface area contributed by atoms with Crippen LogP contribution in [0.3, 0.4) is 0 Å². The molecule has 0 aliphatic rings. The van der Waals surface area contributed by atoms with Crippen LogP contribution in [0, 0.1) is 0 Å². The Morgan fingerprint density at radius 3 is 2.25 bits per heavy atom. The molecule has 0 heterocycles. The average molecular weight is 376 g/mol. The number of hydrogen-bond acceptors (Lipinski definition) is 4. The molecule has 3 aromatic rings. The standard InChI is InChI=1S/C23H24N2O3/c1-16(24-18-13-14-21(27-2)22(15-18)28-3)23(26)25-20-12-8-7-11-19(20)17-9-5-4-6-10-17/h4-16,24H,1-3H3,(H,25,26). The number of anilines is 2. The summed E-state index contributed by atoms with van der Waals surface area (Å²) in [6, 6.07) is 22.8. The van der Waals surface area contributed by atoms with Gasteiger partial charge in [-0.05, 0) is 30.7 Å². The van der Waals surface area contributed by atoms with Gasteiger partial charge in [0.25, 0.3) is 0 Å². The summed E-state index contributed by atoms with van der Waals surface area (Å²) in [7, 11) is 3.17. The summed E-state index contributed by atoms with van der Waals surface area (Å²) in [5, 5.41) is 6.22. The topological polar surface area (TPSA) is 59.6 Å². The van der Waals surface area contributed by atoms with Crippen LogP contribution in [0.4, 0.5) is 11.4 Å². The highest BCUT2D eigenvalue weighted by Crippen LogP contribution is 2.30. The molecule has 0 aliphatic carbocycles. The summed E-state index contributed by atoms with van der Waals surface area (Å²) >= 11 is 0. The number of nitrogens with one attached hydrogen (secondary N) is 2. The van der Waals surface area contributed by atoms with Gasteiger partial charge in [0.15, 0.2) is 11.5 Å². The van der Waals surface area contributed by atoms with Gasteiger partial charge < -0.3 is 20.1 Å². The lowest BCUT2D eigenvalue weighted by Gasteiger charge is -2.18. The van der Waals surface area contributed by atoms with Crippen LogP contribution in [0.15, 0.2) is 72.8 Å². The predicted molar refractivity (Wildman–Crippen MR) is 113 cm³/mol. The number of para-hydroxylation sites is 1. The molecule has 0 saturated carbocycles. The number of benzene rings is 3. The molecule has 3 aromatic carbocycles. The minimum Gasteiger partial charge on any atom is -0.493 e. The maximum absolute atomic E-state index is 12.7. The van der Waals surface area contributed by atoms with Gasteiger partial charge in [0, 0.05) is 23.0 Å². The molecule has 144 valence electrons. The van der Waals surface area contributed by atoms with Gasteiger partial charge in [0.2, 0.25) is 5.91 Å². The van der Waals surface area contributed by atoms with Crippen LogP contribution in [0.25, 0.3) is 11.1 Å². The molecule has 5 heteroatoms. The fraction of sp³-hybridized carbons (Fsp3) is 0.174. The van der Waals surface area contributed by atoms with Crippen LogP contribution in [0.2, 0.25) is 0 Å². The van der Waals surface area contributed by atoms with Gasteiger partial charge >= 0.3 is 0 Å². The van der Waals surface area contributed by atoms with Crippen molar-refractivity contribution in [3.8, 4) is 22.6 Å². The molecule has 0 spiro atoms. The molecule has 0 radical (unpaired) electrons. The van der Waals surface area contributed by atoms with E-state index in [1.807, 2.05) is 67.6 Å². The predicted octanol–water partition coefficient (Wildman–Crippen LogP) is 4.81. The molecule has 0 saturated heterocycles. The van der Waals surface area contributed by atoms with E-state index in [1.54, 1.807) is 26.4 Å². The fourth-order valence-corrected chi connectivity index (χ4v) is 2.94. The van der Waals surface area contributed by atoms with E-state index < -0.39 is 6.04 Å². The Balaban J connectivity index is 1.74. The van der Waals surface area contributed by atoms with Crippen molar-refractivity contribution in [3.63, 3.8) is 0 Å². The van der Waals surface area contributed by atoms with Crippen LogP contribution in [-0.2, 0) is 4.79 Å². The van der Waals surface area contributed by atoms with E-state index in [0.29, 0.717) is 11.5 Å². The Labute approximate surface area is 165 Å². The maximum Gasteiger partial charge on any atom is 0.246 e. The quantitative estimate of drug-likeness (QED) is 0.621. The second kappa shape index (κ2) is 8.95. The zero-order valence-electron chi connectivity index (χ0n) is 16.2. The summed E-state index contributed by atoms with van der Waals surface area (Å²) in [6.07, 6.45) is 0. The molecule has 1 unspecified atom stereocenters. The molecular weight excluding hydrogens is 352 g/mol. The summed E-state index contributed by atoms with van der Waals surface area (Å²) in [6.45, 7) is 1.82. The molecule has 0 fully saturated rings. The monoisotopic (exact) mass is 376 g/mol. The minimum atomic E-state index is -0.443. The van der Waals surface area contributed by atoms with Gasteiger partial charge in [0.1, 0.15) is 6.04 Å². The van der Waals surface area contributed by atoms with E-state index in [4.69, 9.17) is 9.47 Å². The number of carbonyl (C=O) groups is 1. The highest BCUT2D eigenvalue weighted by atomic mass is 16.5.